The Morgan fingerprint density at radius 2 is 1.92 bits per heavy atom. The second-order valence-electron chi connectivity index (χ2n) is 2.27. The Morgan fingerprint density at radius 3 is 2.69 bits per heavy atom. The van der Waals surface area contributed by atoms with Crippen LogP contribution in [0.2, 0.25) is 10.4 Å². The van der Waals surface area contributed by atoms with E-state index in [-0.39, 0.29) is 21.5 Å². The Hall–Kier alpha value is -1.00. The van der Waals surface area contributed by atoms with Crippen molar-refractivity contribution in [3.63, 3.8) is 0 Å². The Labute approximate surface area is 82.5 Å². The summed E-state index contributed by atoms with van der Waals surface area (Å²) in [6.07, 6.45) is 1.29. The van der Waals surface area contributed by atoms with Crippen molar-refractivity contribution in [2.75, 3.05) is 0 Å². The maximum atomic E-state index is 13.1. The van der Waals surface area contributed by atoms with Gasteiger partial charge in [0.05, 0.1) is 0 Å². The molecule has 0 saturated carbocycles. The molecular formula is C7H2Cl2FN3. The van der Waals surface area contributed by atoms with Crippen LogP contribution in [0.25, 0.3) is 11.0 Å². The first-order valence-corrected chi connectivity index (χ1v) is 4.07. The molecule has 2 aromatic rings. The first-order chi connectivity index (χ1) is 6.18. The van der Waals surface area contributed by atoms with Gasteiger partial charge in [-0.05, 0) is 17.7 Å². The highest BCUT2D eigenvalue weighted by Crippen LogP contribution is 2.21. The highest BCUT2D eigenvalue weighted by atomic mass is 35.5. The summed E-state index contributed by atoms with van der Waals surface area (Å²) in [6, 6.07) is 1.18. The molecule has 0 spiro atoms. The number of nitrogens with zero attached hydrogens (tertiary/aromatic N) is 3. The zero-order valence-electron chi connectivity index (χ0n) is 6.13. The van der Waals surface area contributed by atoms with Crippen LogP contribution in [-0.2, 0) is 0 Å². The minimum Gasteiger partial charge on any atom is -0.251 e. The number of hydrogen-bond acceptors (Lipinski definition) is 3. The van der Waals surface area contributed by atoms with Crippen molar-refractivity contribution < 1.29 is 4.39 Å². The van der Waals surface area contributed by atoms with Crippen molar-refractivity contribution in [2.45, 2.75) is 0 Å². The lowest BCUT2D eigenvalue weighted by Crippen LogP contribution is -1.91. The zero-order valence-corrected chi connectivity index (χ0v) is 7.64. The fraction of sp³-hybridized carbons (Fsp3) is 0. The van der Waals surface area contributed by atoms with Gasteiger partial charge in [0.25, 0.3) is 0 Å². The molecule has 0 saturated heterocycles. The fourth-order valence-corrected chi connectivity index (χ4v) is 1.37. The largest absolute Gasteiger partial charge is 0.251 e. The van der Waals surface area contributed by atoms with Crippen molar-refractivity contribution >= 4 is 34.2 Å². The number of halogens is 3. The molecule has 6 heteroatoms. The van der Waals surface area contributed by atoms with Crippen LogP contribution in [0.4, 0.5) is 4.39 Å². The molecule has 2 rings (SSSR count). The second-order valence-corrected chi connectivity index (χ2v) is 2.97. The second kappa shape index (κ2) is 3.05. The quantitative estimate of drug-likeness (QED) is 0.503. The molecule has 66 valence electrons. The van der Waals surface area contributed by atoms with E-state index in [2.05, 4.69) is 15.0 Å². The average Bonchev–Trinajstić information content (AvgIpc) is 2.07. The molecule has 2 heterocycles. The smallest absolute Gasteiger partial charge is 0.224 e. The lowest BCUT2D eigenvalue weighted by atomic mass is 10.3. The van der Waals surface area contributed by atoms with Crippen molar-refractivity contribution in [1.82, 2.24) is 15.0 Å². The van der Waals surface area contributed by atoms with E-state index >= 15 is 0 Å². The van der Waals surface area contributed by atoms with Crippen LogP contribution < -0.4 is 0 Å². The van der Waals surface area contributed by atoms with E-state index in [9.17, 15) is 4.39 Å². The van der Waals surface area contributed by atoms with Crippen LogP contribution in [0.15, 0.2) is 12.3 Å². The summed E-state index contributed by atoms with van der Waals surface area (Å²) in [6.45, 7) is 0. The normalized spacial score (nSPS) is 10.7. The molecule has 13 heavy (non-hydrogen) atoms. The maximum absolute atomic E-state index is 13.1. The van der Waals surface area contributed by atoms with Crippen LogP contribution in [0.1, 0.15) is 0 Å². The summed E-state index contributed by atoms with van der Waals surface area (Å²) in [4.78, 5) is 11.1. The van der Waals surface area contributed by atoms with Crippen LogP contribution in [0, 0.1) is 5.82 Å². The van der Waals surface area contributed by atoms with E-state index in [0.717, 1.165) is 0 Å². The van der Waals surface area contributed by atoms with Crippen molar-refractivity contribution in [3.8, 4) is 0 Å². The molecular weight excluding hydrogens is 216 g/mol. The van der Waals surface area contributed by atoms with Gasteiger partial charge in [-0.3, -0.25) is 4.98 Å². The van der Waals surface area contributed by atoms with Crippen LogP contribution >= 0.6 is 23.2 Å². The third-order valence-corrected chi connectivity index (χ3v) is 1.90. The van der Waals surface area contributed by atoms with E-state index in [1.807, 2.05) is 0 Å². The van der Waals surface area contributed by atoms with E-state index in [1.54, 1.807) is 0 Å². The molecule has 0 unspecified atom stereocenters. The molecule has 0 aliphatic heterocycles. The van der Waals surface area contributed by atoms with Gasteiger partial charge in [-0.15, -0.1) is 0 Å². The highest BCUT2D eigenvalue weighted by Gasteiger charge is 2.08. The van der Waals surface area contributed by atoms with Gasteiger partial charge < -0.3 is 0 Å². The van der Waals surface area contributed by atoms with Gasteiger partial charge in [0, 0.05) is 6.20 Å². The number of hydrogen-bond donors (Lipinski definition) is 0. The number of fused-ring (bicyclic) bond motifs is 1. The average molecular weight is 218 g/mol. The van der Waals surface area contributed by atoms with Crippen LogP contribution in [0.3, 0.4) is 0 Å². The van der Waals surface area contributed by atoms with Gasteiger partial charge in [-0.25, -0.2) is 14.4 Å². The summed E-state index contributed by atoms with van der Waals surface area (Å²) >= 11 is 11.2. The molecule has 0 N–H and O–H groups in total. The van der Waals surface area contributed by atoms with Crippen molar-refractivity contribution in [2.24, 2.45) is 0 Å². The van der Waals surface area contributed by atoms with Gasteiger partial charge >= 0.3 is 0 Å². The Balaban J connectivity index is 2.94. The molecule has 0 aliphatic rings. The van der Waals surface area contributed by atoms with E-state index in [0.29, 0.717) is 0 Å². The topological polar surface area (TPSA) is 38.7 Å². The van der Waals surface area contributed by atoms with Crippen LogP contribution in [-0.4, -0.2) is 15.0 Å². The van der Waals surface area contributed by atoms with E-state index in [1.165, 1.54) is 12.3 Å². The molecule has 2 aromatic heterocycles. The summed E-state index contributed by atoms with van der Waals surface area (Å²) in [5.41, 5.74) is 0.249. The lowest BCUT2D eigenvalue weighted by Gasteiger charge is -1.98. The third kappa shape index (κ3) is 1.43. The predicted molar refractivity (Wildman–Crippen MR) is 47.3 cm³/mol. The molecule has 0 bridgehead atoms. The Morgan fingerprint density at radius 1 is 1.15 bits per heavy atom. The SMILES string of the molecule is Fc1ccnc2c(Cl)nc(Cl)nc12. The van der Waals surface area contributed by atoms with Gasteiger partial charge in [0.2, 0.25) is 5.28 Å². The standard InChI is InChI=1S/C7H2Cl2FN3/c8-6-5-4(12-7(9)13-6)3(10)1-2-11-5/h1-2H. The monoisotopic (exact) mass is 217 g/mol. The predicted octanol–water partition coefficient (Wildman–Crippen LogP) is 2.47. The number of pyridine rings is 1. The fourth-order valence-electron chi connectivity index (χ4n) is 0.939. The van der Waals surface area contributed by atoms with Gasteiger partial charge in [0.1, 0.15) is 11.0 Å². The lowest BCUT2D eigenvalue weighted by molar-refractivity contribution is 0.635. The third-order valence-electron chi connectivity index (χ3n) is 1.46. The summed E-state index contributed by atoms with van der Waals surface area (Å²) in [5, 5.41) is -0.0427. The number of aromatic nitrogens is 3. The molecule has 0 amide bonds. The molecule has 0 aromatic carbocycles. The van der Waals surface area contributed by atoms with Gasteiger partial charge in [-0.2, -0.15) is 0 Å². The zero-order chi connectivity index (χ0) is 9.42. The van der Waals surface area contributed by atoms with Crippen molar-refractivity contribution in [1.29, 1.82) is 0 Å². The first-order valence-electron chi connectivity index (χ1n) is 3.32. The Bertz CT molecular complexity index is 474. The minimum atomic E-state index is -0.517. The van der Waals surface area contributed by atoms with Gasteiger partial charge in [0.15, 0.2) is 11.0 Å². The van der Waals surface area contributed by atoms with Crippen molar-refractivity contribution in [3.05, 3.63) is 28.5 Å². The summed E-state index contributed by atoms with van der Waals surface area (Å²) < 4.78 is 13.1. The molecule has 0 radical (unpaired) electrons. The van der Waals surface area contributed by atoms with E-state index < -0.39 is 5.82 Å². The highest BCUT2D eigenvalue weighted by molar-refractivity contribution is 6.35. The summed E-state index contributed by atoms with van der Waals surface area (Å²) in [7, 11) is 0. The number of rotatable bonds is 0. The van der Waals surface area contributed by atoms with E-state index in [4.69, 9.17) is 23.2 Å². The first kappa shape index (κ1) is 8.59. The molecule has 0 atom stereocenters. The molecule has 0 fully saturated rings. The van der Waals surface area contributed by atoms with Gasteiger partial charge in [-0.1, -0.05) is 11.6 Å². The van der Waals surface area contributed by atoms with Crippen LogP contribution in [0.5, 0.6) is 0 Å². The molecule has 3 nitrogen and oxygen atoms in total. The molecule has 0 aliphatic carbocycles. The maximum Gasteiger partial charge on any atom is 0.224 e. The minimum absolute atomic E-state index is 0.0347. The summed E-state index contributed by atoms with van der Waals surface area (Å²) in [5.74, 6) is -0.517. The Kier molecular flexibility index (Phi) is 2.01.